The quantitative estimate of drug-likeness (QED) is 0.461. The average molecular weight is 377 g/mol. The first-order valence-electron chi connectivity index (χ1n) is 9.63. The molecule has 0 aromatic heterocycles. The molecule has 28 heavy (non-hydrogen) atoms. The normalized spacial score (nSPS) is 10.5. The molecule has 146 valence electrons. The van der Waals surface area contributed by atoms with E-state index < -0.39 is 0 Å². The molecule has 0 amide bonds. The highest BCUT2D eigenvalue weighted by Crippen LogP contribution is 2.18. The fraction of sp³-hybridized carbons (Fsp3) is 0.250. The number of rotatable bonds is 11. The van der Waals surface area contributed by atoms with Gasteiger partial charge in [-0.05, 0) is 54.4 Å². The number of hydrogen-bond donors (Lipinski definition) is 1. The molecule has 0 aliphatic carbocycles. The third kappa shape index (κ3) is 6.63. The van der Waals surface area contributed by atoms with E-state index in [9.17, 15) is 0 Å². The Morgan fingerprint density at radius 2 is 1.36 bits per heavy atom. The maximum atomic E-state index is 5.82. The van der Waals surface area contributed by atoms with Crippen molar-refractivity contribution in [3.05, 3.63) is 90.0 Å². The monoisotopic (exact) mass is 377 g/mol. The molecule has 0 unspecified atom stereocenters. The molecule has 0 radical (unpaired) electrons. The lowest BCUT2D eigenvalue weighted by molar-refractivity contribution is 0.110. The van der Waals surface area contributed by atoms with Crippen LogP contribution in [0.3, 0.4) is 0 Å². The third-order valence-corrected chi connectivity index (χ3v) is 4.22. The topological polar surface area (TPSA) is 39.7 Å². The van der Waals surface area contributed by atoms with Crippen molar-refractivity contribution in [1.29, 1.82) is 0 Å². The van der Waals surface area contributed by atoms with Gasteiger partial charge in [-0.15, -0.1) is 0 Å². The van der Waals surface area contributed by atoms with Crippen LogP contribution in [0.4, 0.5) is 5.69 Å². The van der Waals surface area contributed by atoms with Crippen molar-refractivity contribution in [2.45, 2.75) is 20.1 Å². The van der Waals surface area contributed by atoms with Crippen molar-refractivity contribution in [2.24, 2.45) is 0 Å². The van der Waals surface area contributed by atoms with E-state index in [0.29, 0.717) is 26.4 Å². The average Bonchev–Trinajstić information content (AvgIpc) is 2.76. The molecule has 3 aromatic rings. The molecule has 3 aromatic carbocycles. The largest absolute Gasteiger partial charge is 0.491 e. The minimum Gasteiger partial charge on any atom is -0.491 e. The van der Waals surface area contributed by atoms with E-state index in [1.807, 2.05) is 61.5 Å². The van der Waals surface area contributed by atoms with Crippen LogP contribution >= 0.6 is 0 Å². The minimum absolute atomic E-state index is 0.574. The van der Waals surface area contributed by atoms with Crippen molar-refractivity contribution in [3.8, 4) is 11.5 Å². The minimum atomic E-state index is 0.574. The molecule has 0 saturated heterocycles. The van der Waals surface area contributed by atoms with E-state index in [1.54, 1.807) is 0 Å². The highest BCUT2D eigenvalue weighted by atomic mass is 16.5. The Hall–Kier alpha value is -2.98. The number of benzene rings is 3. The molecule has 4 nitrogen and oxygen atoms in total. The van der Waals surface area contributed by atoms with Crippen LogP contribution in [-0.2, 0) is 17.9 Å². The number of anilines is 1. The van der Waals surface area contributed by atoms with Gasteiger partial charge in [-0.3, -0.25) is 0 Å². The Kier molecular flexibility index (Phi) is 7.77. The van der Waals surface area contributed by atoms with Gasteiger partial charge >= 0.3 is 0 Å². The van der Waals surface area contributed by atoms with E-state index in [4.69, 9.17) is 14.2 Å². The van der Waals surface area contributed by atoms with Gasteiger partial charge in [0.1, 0.15) is 24.7 Å². The number of ether oxygens (including phenoxy) is 3. The van der Waals surface area contributed by atoms with Crippen LogP contribution in [0, 0.1) is 0 Å². The van der Waals surface area contributed by atoms with E-state index in [-0.39, 0.29) is 0 Å². The Morgan fingerprint density at radius 3 is 2.07 bits per heavy atom. The lowest BCUT2D eigenvalue weighted by Crippen LogP contribution is -2.06. The van der Waals surface area contributed by atoms with Crippen molar-refractivity contribution in [2.75, 3.05) is 25.1 Å². The first kappa shape index (κ1) is 19.8. The Morgan fingerprint density at radius 1 is 0.679 bits per heavy atom. The van der Waals surface area contributed by atoms with E-state index in [1.165, 1.54) is 5.56 Å². The summed E-state index contributed by atoms with van der Waals surface area (Å²) in [7, 11) is 0. The van der Waals surface area contributed by atoms with Crippen LogP contribution in [0.25, 0.3) is 0 Å². The molecule has 4 heteroatoms. The molecule has 0 saturated carbocycles. The fourth-order valence-corrected chi connectivity index (χ4v) is 2.68. The van der Waals surface area contributed by atoms with Crippen molar-refractivity contribution in [3.63, 3.8) is 0 Å². The lowest BCUT2D eigenvalue weighted by atomic mass is 10.2. The molecule has 0 fully saturated rings. The van der Waals surface area contributed by atoms with Crippen LogP contribution in [-0.4, -0.2) is 19.8 Å². The molecular weight excluding hydrogens is 350 g/mol. The van der Waals surface area contributed by atoms with Gasteiger partial charge in [-0.25, -0.2) is 0 Å². The molecule has 0 aliphatic heterocycles. The van der Waals surface area contributed by atoms with Crippen molar-refractivity contribution >= 4 is 5.69 Å². The Bertz CT molecular complexity index is 802. The number of nitrogens with one attached hydrogen (secondary N) is 1. The van der Waals surface area contributed by atoms with Gasteiger partial charge in [0.15, 0.2) is 0 Å². The van der Waals surface area contributed by atoms with Crippen LogP contribution in [0.15, 0.2) is 78.9 Å². The lowest BCUT2D eigenvalue weighted by Gasteiger charge is -2.10. The molecule has 3 rings (SSSR count). The summed E-state index contributed by atoms with van der Waals surface area (Å²) in [6.07, 6.45) is 0. The van der Waals surface area contributed by atoms with Crippen LogP contribution in [0.1, 0.15) is 18.1 Å². The molecule has 0 aliphatic rings. The predicted molar refractivity (Wildman–Crippen MR) is 113 cm³/mol. The summed E-state index contributed by atoms with van der Waals surface area (Å²) in [4.78, 5) is 0. The Labute approximate surface area is 167 Å². The molecule has 0 spiro atoms. The standard InChI is InChI=1S/C24H27NO3/c1-2-26-16-17-27-23-12-8-20(9-13-23)18-25-22-10-14-24(15-11-22)28-19-21-6-4-3-5-7-21/h3-15,25H,2,16-19H2,1H3. The highest BCUT2D eigenvalue weighted by molar-refractivity contribution is 5.47. The summed E-state index contributed by atoms with van der Waals surface area (Å²) >= 11 is 0. The molecule has 0 heterocycles. The molecule has 1 N–H and O–H groups in total. The Balaban J connectivity index is 1.41. The first-order chi connectivity index (χ1) is 13.8. The maximum absolute atomic E-state index is 5.82. The van der Waals surface area contributed by atoms with Gasteiger partial charge in [0.2, 0.25) is 0 Å². The molecule has 0 bridgehead atoms. The SMILES string of the molecule is CCOCCOc1ccc(CNc2ccc(OCc3ccccc3)cc2)cc1. The highest BCUT2D eigenvalue weighted by Gasteiger charge is 1.99. The third-order valence-electron chi connectivity index (χ3n) is 4.22. The van der Waals surface area contributed by atoms with Crippen LogP contribution in [0.5, 0.6) is 11.5 Å². The second-order valence-electron chi connectivity index (χ2n) is 6.34. The zero-order valence-electron chi connectivity index (χ0n) is 16.3. The summed E-state index contributed by atoms with van der Waals surface area (Å²) in [6, 6.07) is 26.3. The second-order valence-corrected chi connectivity index (χ2v) is 6.34. The summed E-state index contributed by atoms with van der Waals surface area (Å²) in [6.45, 7) is 5.21. The van der Waals surface area contributed by atoms with Gasteiger partial charge in [-0.1, -0.05) is 42.5 Å². The van der Waals surface area contributed by atoms with Gasteiger partial charge in [0, 0.05) is 18.8 Å². The van der Waals surface area contributed by atoms with E-state index in [2.05, 4.69) is 29.6 Å². The van der Waals surface area contributed by atoms with E-state index >= 15 is 0 Å². The van der Waals surface area contributed by atoms with Crippen molar-refractivity contribution < 1.29 is 14.2 Å². The van der Waals surface area contributed by atoms with Gasteiger partial charge < -0.3 is 19.5 Å². The summed E-state index contributed by atoms with van der Waals surface area (Å²) in [5.41, 5.74) is 3.42. The van der Waals surface area contributed by atoms with Gasteiger partial charge in [-0.2, -0.15) is 0 Å². The first-order valence-corrected chi connectivity index (χ1v) is 9.63. The number of hydrogen-bond acceptors (Lipinski definition) is 4. The van der Waals surface area contributed by atoms with Crippen LogP contribution < -0.4 is 14.8 Å². The van der Waals surface area contributed by atoms with Crippen LogP contribution in [0.2, 0.25) is 0 Å². The smallest absolute Gasteiger partial charge is 0.119 e. The maximum Gasteiger partial charge on any atom is 0.119 e. The zero-order chi connectivity index (χ0) is 19.4. The molecular formula is C24H27NO3. The fourth-order valence-electron chi connectivity index (χ4n) is 2.68. The predicted octanol–water partition coefficient (Wildman–Crippen LogP) is 5.29. The van der Waals surface area contributed by atoms with Gasteiger partial charge in [0.05, 0.1) is 6.61 Å². The van der Waals surface area contributed by atoms with E-state index in [0.717, 1.165) is 29.3 Å². The summed E-state index contributed by atoms with van der Waals surface area (Å²) in [5, 5.41) is 3.42. The summed E-state index contributed by atoms with van der Waals surface area (Å²) in [5.74, 6) is 1.73. The van der Waals surface area contributed by atoms with Crippen molar-refractivity contribution in [1.82, 2.24) is 0 Å². The zero-order valence-corrected chi connectivity index (χ0v) is 16.3. The second kappa shape index (κ2) is 11.0. The van der Waals surface area contributed by atoms with Gasteiger partial charge in [0.25, 0.3) is 0 Å². The molecule has 0 atom stereocenters. The summed E-state index contributed by atoms with van der Waals surface area (Å²) < 4.78 is 16.7.